The lowest BCUT2D eigenvalue weighted by atomic mass is 9.89. The molecule has 1 aromatic heterocycles. The molecule has 17 heavy (non-hydrogen) atoms. The van der Waals surface area contributed by atoms with Gasteiger partial charge in [0.05, 0.1) is 0 Å². The molecule has 1 nitrogen and oxygen atoms in total. The van der Waals surface area contributed by atoms with Crippen LogP contribution in [-0.4, -0.2) is 6.54 Å². The molecule has 0 aliphatic carbocycles. The first kappa shape index (κ1) is 12.3. The molecule has 0 aliphatic rings. The number of hydrogen-bond donors (Lipinski definition) is 1. The molecular weight excluding hydrogens is 226 g/mol. The maximum Gasteiger partial charge on any atom is 0.0345 e. The molecule has 0 aliphatic heterocycles. The van der Waals surface area contributed by atoms with Crippen molar-refractivity contribution in [1.82, 2.24) is 0 Å². The Hall–Kier alpha value is -1.12. The van der Waals surface area contributed by atoms with Crippen LogP contribution in [0.25, 0.3) is 10.4 Å². The summed E-state index contributed by atoms with van der Waals surface area (Å²) in [6.07, 6.45) is 1.06. The van der Waals surface area contributed by atoms with E-state index >= 15 is 0 Å². The summed E-state index contributed by atoms with van der Waals surface area (Å²) < 4.78 is 0. The van der Waals surface area contributed by atoms with E-state index in [9.17, 15) is 0 Å². The van der Waals surface area contributed by atoms with Gasteiger partial charge >= 0.3 is 0 Å². The van der Waals surface area contributed by atoms with Gasteiger partial charge in [-0.2, -0.15) is 0 Å². The zero-order chi connectivity index (χ0) is 12.3. The van der Waals surface area contributed by atoms with Crippen molar-refractivity contribution in [2.75, 3.05) is 6.54 Å². The molecule has 2 aromatic rings. The van der Waals surface area contributed by atoms with Gasteiger partial charge in [0.1, 0.15) is 0 Å². The Morgan fingerprint density at radius 3 is 2.41 bits per heavy atom. The summed E-state index contributed by atoms with van der Waals surface area (Å²) in [6.45, 7) is 5.16. The van der Waals surface area contributed by atoms with E-state index in [-0.39, 0.29) is 5.41 Å². The number of rotatable bonds is 4. The van der Waals surface area contributed by atoms with Crippen molar-refractivity contribution in [1.29, 1.82) is 0 Å². The molecule has 0 bridgehead atoms. The van der Waals surface area contributed by atoms with Gasteiger partial charge < -0.3 is 5.73 Å². The number of benzene rings is 1. The molecule has 2 heteroatoms. The first-order chi connectivity index (χ1) is 8.11. The largest absolute Gasteiger partial charge is 0.330 e. The van der Waals surface area contributed by atoms with E-state index in [1.54, 1.807) is 0 Å². The lowest BCUT2D eigenvalue weighted by Gasteiger charge is -2.20. The summed E-state index contributed by atoms with van der Waals surface area (Å²) >= 11 is 1.87. The van der Waals surface area contributed by atoms with Crippen LogP contribution in [0, 0.1) is 5.41 Å². The SMILES string of the molecule is CC(C)(CN)Cc1ccc(-c2ccccc2)s1. The van der Waals surface area contributed by atoms with Gasteiger partial charge in [-0.3, -0.25) is 0 Å². The number of thiophene rings is 1. The summed E-state index contributed by atoms with van der Waals surface area (Å²) in [5.74, 6) is 0. The van der Waals surface area contributed by atoms with Crippen molar-refractivity contribution < 1.29 is 0 Å². The van der Waals surface area contributed by atoms with Crippen LogP contribution in [0.5, 0.6) is 0 Å². The van der Waals surface area contributed by atoms with E-state index in [2.05, 4.69) is 56.3 Å². The minimum Gasteiger partial charge on any atom is -0.330 e. The fourth-order valence-electron chi connectivity index (χ4n) is 1.77. The average molecular weight is 245 g/mol. The fraction of sp³-hybridized carbons (Fsp3) is 0.333. The second kappa shape index (κ2) is 5.03. The molecule has 0 unspecified atom stereocenters. The van der Waals surface area contributed by atoms with Crippen molar-refractivity contribution in [2.24, 2.45) is 11.1 Å². The van der Waals surface area contributed by atoms with Crippen LogP contribution in [0.4, 0.5) is 0 Å². The van der Waals surface area contributed by atoms with Crippen molar-refractivity contribution in [3.63, 3.8) is 0 Å². The molecule has 0 radical (unpaired) electrons. The first-order valence-electron chi connectivity index (χ1n) is 5.95. The molecule has 1 heterocycles. The highest BCUT2D eigenvalue weighted by atomic mass is 32.1. The van der Waals surface area contributed by atoms with Crippen LogP contribution >= 0.6 is 11.3 Å². The van der Waals surface area contributed by atoms with Gasteiger partial charge in [0.25, 0.3) is 0 Å². The Morgan fingerprint density at radius 2 is 1.76 bits per heavy atom. The zero-order valence-electron chi connectivity index (χ0n) is 10.4. The van der Waals surface area contributed by atoms with Crippen molar-refractivity contribution in [2.45, 2.75) is 20.3 Å². The van der Waals surface area contributed by atoms with E-state index in [0.29, 0.717) is 0 Å². The van der Waals surface area contributed by atoms with Crippen LogP contribution in [0.15, 0.2) is 42.5 Å². The minimum absolute atomic E-state index is 0.193. The van der Waals surface area contributed by atoms with E-state index in [4.69, 9.17) is 5.73 Å². The average Bonchev–Trinajstić information content (AvgIpc) is 2.78. The maximum atomic E-state index is 5.78. The summed E-state index contributed by atoms with van der Waals surface area (Å²) in [7, 11) is 0. The summed E-state index contributed by atoms with van der Waals surface area (Å²) in [5, 5.41) is 0. The van der Waals surface area contributed by atoms with E-state index < -0.39 is 0 Å². The minimum atomic E-state index is 0.193. The van der Waals surface area contributed by atoms with Crippen LogP contribution in [0.1, 0.15) is 18.7 Å². The van der Waals surface area contributed by atoms with Gasteiger partial charge in [0.2, 0.25) is 0 Å². The highest BCUT2D eigenvalue weighted by Gasteiger charge is 2.17. The molecule has 0 saturated heterocycles. The third-order valence-corrected chi connectivity index (χ3v) is 4.06. The van der Waals surface area contributed by atoms with Crippen molar-refractivity contribution in [3.05, 3.63) is 47.3 Å². The molecular formula is C15H19NS. The lowest BCUT2D eigenvalue weighted by molar-refractivity contribution is 0.379. The monoisotopic (exact) mass is 245 g/mol. The molecule has 1 aromatic carbocycles. The van der Waals surface area contributed by atoms with E-state index in [1.165, 1.54) is 15.3 Å². The van der Waals surface area contributed by atoms with Gasteiger partial charge in [0, 0.05) is 9.75 Å². The van der Waals surface area contributed by atoms with Crippen LogP contribution < -0.4 is 5.73 Å². The standard InChI is InChI=1S/C15H19NS/c1-15(2,11-16)10-13-8-9-14(17-13)12-6-4-3-5-7-12/h3-9H,10-11,16H2,1-2H3. The Balaban J connectivity index is 2.17. The van der Waals surface area contributed by atoms with E-state index in [1.807, 2.05) is 11.3 Å². The topological polar surface area (TPSA) is 26.0 Å². The maximum absolute atomic E-state index is 5.78. The molecule has 0 spiro atoms. The van der Waals surface area contributed by atoms with Crippen LogP contribution in [0.3, 0.4) is 0 Å². The highest BCUT2D eigenvalue weighted by molar-refractivity contribution is 7.15. The molecule has 0 saturated carbocycles. The predicted octanol–water partition coefficient (Wildman–Crippen LogP) is 3.94. The Kier molecular flexibility index (Phi) is 3.65. The van der Waals surface area contributed by atoms with Gasteiger partial charge in [-0.15, -0.1) is 11.3 Å². The first-order valence-corrected chi connectivity index (χ1v) is 6.77. The van der Waals surface area contributed by atoms with Gasteiger partial charge in [-0.25, -0.2) is 0 Å². The van der Waals surface area contributed by atoms with Crippen LogP contribution in [0.2, 0.25) is 0 Å². The zero-order valence-corrected chi connectivity index (χ0v) is 11.3. The summed E-state index contributed by atoms with van der Waals surface area (Å²) in [6, 6.07) is 15.0. The third-order valence-electron chi connectivity index (χ3n) is 2.93. The highest BCUT2D eigenvalue weighted by Crippen LogP contribution is 2.31. The van der Waals surface area contributed by atoms with Gasteiger partial charge in [-0.05, 0) is 36.1 Å². The Labute approximate surface area is 107 Å². The molecule has 0 atom stereocenters. The quantitative estimate of drug-likeness (QED) is 0.867. The molecule has 90 valence electrons. The lowest BCUT2D eigenvalue weighted by Crippen LogP contribution is -2.25. The second-order valence-corrected chi connectivity index (χ2v) is 6.35. The molecule has 2 rings (SSSR count). The third kappa shape index (κ3) is 3.18. The molecule has 0 amide bonds. The van der Waals surface area contributed by atoms with Crippen molar-refractivity contribution in [3.8, 4) is 10.4 Å². The predicted molar refractivity (Wildman–Crippen MR) is 76.3 cm³/mol. The molecule has 0 fully saturated rings. The number of nitrogens with two attached hydrogens (primary N) is 1. The summed E-state index contributed by atoms with van der Waals surface area (Å²) in [5.41, 5.74) is 7.27. The van der Waals surface area contributed by atoms with Gasteiger partial charge in [-0.1, -0.05) is 44.2 Å². The Morgan fingerprint density at radius 1 is 1.06 bits per heavy atom. The van der Waals surface area contributed by atoms with Gasteiger partial charge in [0.15, 0.2) is 0 Å². The van der Waals surface area contributed by atoms with Crippen LogP contribution in [-0.2, 0) is 6.42 Å². The normalized spacial score (nSPS) is 11.7. The van der Waals surface area contributed by atoms with Crippen molar-refractivity contribution >= 4 is 11.3 Å². The summed E-state index contributed by atoms with van der Waals surface area (Å²) in [4.78, 5) is 2.76. The number of hydrogen-bond acceptors (Lipinski definition) is 2. The fourth-order valence-corrected chi connectivity index (χ4v) is 3.05. The molecule has 2 N–H and O–H groups in total. The second-order valence-electron chi connectivity index (χ2n) is 5.18. The smallest absolute Gasteiger partial charge is 0.0345 e. The van der Waals surface area contributed by atoms with E-state index in [0.717, 1.165) is 13.0 Å². The Bertz CT molecular complexity index is 471.